The standard InChI is InChI=1S/C13H13F3N2O3S/c1-18-9-10(8-17-18)6-7-22(19,20)12-4-2-11(3-5-12)21-13(14,15)16/h2-5,8-9H,6-7H2,1H3. The fraction of sp³-hybridized carbons (Fsp3) is 0.308. The van der Waals surface area contributed by atoms with Gasteiger partial charge in [0.1, 0.15) is 5.75 Å². The van der Waals surface area contributed by atoms with Crippen molar-refractivity contribution in [2.24, 2.45) is 7.05 Å². The Labute approximate surface area is 125 Å². The molecular weight excluding hydrogens is 321 g/mol. The quantitative estimate of drug-likeness (QED) is 0.842. The van der Waals surface area contributed by atoms with E-state index in [9.17, 15) is 21.6 Å². The Bertz CT molecular complexity index is 737. The first-order valence-corrected chi connectivity index (χ1v) is 7.87. The number of nitrogens with zero attached hydrogens (tertiary/aromatic N) is 2. The Balaban J connectivity index is 2.06. The summed E-state index contributed by atoms with van der Waals surface area (Å²) in [6.45, 7) is 0. The molecular formula is C13H13F3N2O3S. The summed E-state index contributed by atoms with van der Waals surface area (Å²) in [5.74, 6) is -0.614. The molecule has 120 valence electrons. The van der Waals surface area contributed by atoms with Gasteiger partial charge in [0.05, 0.1) is 16.8 Å². The number of sulfone groups is 1. The van der Waals surface area contributed by atoms with Crippen molar-refractivity contribution in [3.8, 4) is 5.75 Å². The van der Waals surface area contributed by atoms with Gasteiger partial charge in [-0.15, -0.1) is 13.2 Å². The predicted molar refractivity (Wildman–Crippen MR) is 72.1 cm³/mol. The Hall–Kier alpha value is -2.03. The first-order valence-electron chi connectivity index (χ1n) is 6.22. The van der Waals surface area contributed by atoms with E-state index in [2.05, 4.69) is 9.84 Å². The zero-order valence-corrected chi connectivity index (χ0v) is 12.4. The van der Waals surface area contributed by atoms with Crippen LogP contribution in [0.1, 0.15) is 5.56 Å². The van der Waals surface area contributed by atoms with E-state index in [1.54, 1.807) is 24.1 Å². The highest BCUT2D eigenvalue weighted by Gasteiger charge is 2.31. The van der Waals surface area contributed by atoms with Crippen molar-refractivity contribution < 1.29 is 26.3 Å². The zero-order chi connectivity index (χ0) is 16.4. The van der Waals surface area contributed by atoms with Crippen molar-refractivity contribution in [3.63, 3.8) is 0 Å². The van der Waals surface area contributed by atoms with E-state index >= 15 is 0 Å². The van der Waals surface area contributed by atoms with E-state index in [0.717, 1.165) is 29.8 Å². The minimum Gasteiger partial charge on any atom is -0.406 e. The van der Waals surface area contributed by atoms with Gasteiger partial charge >= 0.3 is 6.36 Å². The topological polar surface area (TPSA) is 61.2 Å². The molecule has 1 aromatic heterocycles. The molecule has 0 atom stereocenters. The molecule has 22 heavy (non-hydrogen) atoms. The number of ether oxygens (including phenoxy) is 1. The van der Waals surface area contributed by atoms with Crippen LogP contribution in [0.2, 0.25) is 0 Å². The number of hydrogen-bond acceptors (Lipinski definition) is 4. The molecule has 0 radical (unpaired) electrons. The second-order valence-electron chi connectivity index (χ2n) is 4.61. The predicted octanol–water partition coefficient (Wildman–Crippen LogP) is 2.34. The van der Waals surface area contributed by atoms with Crippen LogP contribution in [0.15, 0.2) is 41.6 Å². The van der Waals surface area contributed by atoms with Crippen LogP contribution in [-0.2, 0) is 23.3 Å². The third-order valence-electron chi connectivity index (χ3n) is 2.83. The van der Waals surface area contributed by atoms with Crippen LogP contribution in [0.25, 0.3) is 0 Å². The van der Waals surface area contributed by atoms with Gasteiger partial charge in [-0.2, -0.15) is 5.10 Å². The smallest absolute Gasteiger partial charge is 0.406 e. The highest BCUT2D eigenvalue weighted by Crippen LogP contribution is 2.24. The van der Waals surface area contributed by atoms with Crippen LogP contribution < -0.4 is 4.74 Å². The van der Waals surface area contributed by atoms with Gasteiger partial charge in [-0.3, -0.25) is 4.68 Å². The fourth-order valence-electron chi connectivity index (χ4n) is 1.82. The molecule has 0 aliphatic rings. The molecule has 0 aliphatic carbocycles. The summed E-state index contributed by atoms with van der Waals surface area (Å²) in [7, 11) is -1.86. The maximum Gasteiger partial charge on any atom is 0.573 e. The molecule has 0 unspecified atom stereocenters. The van der Waals surface area contributed by atoms with Crippen LogP contribution in [0.4, 0.5) is 13.2 Å². The third-order valence-corrected chi connectivity index (χ3v) is 4.57. The van der Waals surface area contributed by atoms with E-state index in [1.807, 2.05) is 0 Å². The SMILES string of the molecule is Cn1cc(CCS(=O)(=O)c2ccc(OC(F)(F)F)cc2)cn1. The fourth-order valence-corrected chi connectivity index (χ4v) is 3.11. The summed E-state index contributed by atoms with van der Waals surface area (Å²) >= 11 is 0. The molecule has 0 aliphatic heterocycles. The van der Waals surface area contributed by atoms with Gasteiger partial charge in [-0.1, -0.05) is 0 Å². The third kappa shape index (κ3) is 4.48. The Kier molecular flexibility index (Phi) is 4.45. The molecule has 0 bridgehead atoms. The van der Waals surface area contributed by atoms with Gasteiger partial charge in [0.2, 0.25) is 0 Å². The lowest BCUT2D eigenvalue weighted by Gasteiger charge is -2.09. The molecule has 9 heteroatoms. The maximum absolute atomic E-state index is 12.1. The van der Waals surface area contributed by atoms with Crippen LogP contribution in [0.5, 0.6) is 5.75 Å². The lowest BCUT2D eigenvalue weighted by atomic mass is 10.3. The average Bonchev–Trinajstić information content (AvgIpc) is 2.81. The molecule has 0 spiro atoms. The molecule has 2 rings (SSSR count). The average molecular weight is 334 g/mol. The van der Waals surface area contributed by atoms with Gasteiger partial charge in [0.25, 0.3) is 0 Å². The summed E-state index contributed by atoms with van der Waals surface area (Å²) < 4.78 is 65.6. The van der Waals surface area contributed by atoms with Crippen molar-refractivity contribution >= 4 is 9.84 Å². The highest BCUT2D eigenvalue weighted by atomic mass is 32.2. The Morgan fingerprint density at radius 1 is 1.23 bits per heavy atom. The lowest BCUT2D eigenvalue weighted by Crippen LogP contribution is -2.17. The number of alkyl halides is 3. The van der Waals surface area contributed by atoms with Crippen LogP contribution in [0, 0.1) is 0 Å². The van der Waals surface area contributed by atoms with Gasteiger partial charge in [0.15, 0.2) is 9.84 Å². The molecule has 0 N–H and O–H groups in total. The second-order valence-corrected chi connectivity index (χ2v) is 6.72. The van der Waals surface area contributed by atoms with E-state index in [-0.39, 0.29) is 17.1 Å². The zero-order valence-electron chi connectivity index (χ0n) is 11.5. The maximum atomic E-state index is 12.1. The normalized spacial score (nSPS) is 12.4. The first-order chi connectivity index (χ1) is 10.2. The summed E-state index contributed by atoms with van der Waals surface area (Å²) in [6.07, 6.45) is -1.26. The number of halogens is 3. The minimum absolute atomic E-state index is 0.0501. The summed E-state index contributed by atoms with van der Waals surface area (Å²) in [6, 6.07) is 4.15. The van der Waals surface area contributed by atoms with Gasteiger partial charge in [0, 0.05) is 13.2 Å². The van der Waals surface area contributed by atoms with Crippen molar-refractivity contribution in [2.75, 3.05) is 5.75 Å². The van der Waals surface area contributed by atoms with Crippen LogP contribution >= 0.6 is 0 Å². The van der Waals surface area contributed by atoms with Crippen molar-refractivity contribution in [2.45, 2.75) is 17.7 Å². The first kappa shape index (κ1) is 16.3. The van der Waals surface area contributed by atoms with Gasteiger partial charge in [-0.25, -0.2) is 8.42 Å². The molecule has 0 saturated heterocycles. The Morgan fingerprint density at radius 3 is 2.36 bits per heavy atom. The van der Waals surface area contributed by atoms with Crippen LogP contribution in [0.3, 0.4) is 0 Å². The summed E-state index contributed by atoms with van der Waals surface area (Å²) in [5.41, 5.74) is 0.767. The monoisotopic (exact) mass is 334 g/mol. The van der Waals surface area contributed by atoms with E-state index in [0.29, 0.717) is 0 Å². The molecule has 1 aromatic carbocycles. The van der Waals surface area contributed by atoms with Crippen molar-refractivity contribution in [3.05, 3.63) is 42.2 Å². The van der Waals surface area contributed by atoms with Crippen molar-refractivity contribution in [1.82, 2.24) is 9.78 Å². The molecule has 0 fully saturated rings. The minimum atomic E-state index is -4.80. The van der Waals surface area contributed by atoms with Crippen molar-refractivity contribution in [1.29, 1.82) is 0 Å². The summed E-state index contributed by atoms with van der Waals surface area (Å²) in [5, 5.41) is 3.93. The summed E-state index contributed by atoms with van der Waals surface area (Å²) in [4.78, 5) is -0.0501. The highest BCUT2D eigenvalue weighted by molar-refractivity contribution is 7.91. The molecule has 0 amide bonds. The van der Waals surface area contributed by atoms with E-state index < -0.39 is 21.9 Å². The van der Waals surface area contributed by atoms with Gasteiger partial charge < -0.3 is 4.74 Å². The number of hydrogen-bond donors (Lipinski definition) is 0. The van der Waals surface area contributed by atoms with Gasteiger partial charge in [-0.05, 0) is 36.2 Å². The molecule has 0 saturated carbocycles. The molecule has 1 heterocycles. The lowest BCUT2D eigenvalue weighted by molar-refractivity contribution is -0.274. The number of aryl methyl sites for hydroxylation is 2. The second kappa shape index (κ2) is 5.99. The Morgan fingerprint density at radius 2 is 1.86 bits per heavy atom. The van der Waals surface area contributed by atoms with E-state index in [1.165, 1.54) is 0 Å². The number of benzene rings is 1. The molecule has 5 nitrogen and oxygen atoms in total. The number of aromatic nitrogens is 2. The van der Waals surface area contributed by atoms with E-state index in [4.69, 9.17) is 0 Å². The number of rotatable bonds is 5. The largest absolute Gasteiger partial charge is 0.573 e. The molecule has 2 aromatic rings. The van der Waals surface area contributed by atoms with Crippen LogP contribution in [-0.4, -0.2) is 30.3 Å².